The third kappa shape index (κ3) is 2.53. The fourth-order valence-electron chi connectivity index (χ4n) is 4.87. The summed E-state index contributed by atoms with van der Waals surface area (Å²) in [5.41, 5.74) is -2.30. The van der Waals surface area contributed by atoms with Crippen molar-refractivity contribution in [3.05, 3.63) is 24.3 Å². The van der Waals surface area contributed by atoms with Gasteiger partial charge in [0.25, 0.3) is 0 Å². The summed E-state index contributed by atoms with van der Waals surface area (Å²) in [4.78, 5) is 31.0. The standard InChI is InChI=1S/C19H17F4N3O4/c20-10-3-12-14(30-9-24-12)13(4-10)25-5-11(15(27)28)17(6-25)7-26(8-17)16(29)18(1-2-18)19(21,22)23/h3-4,9,11H,1-2,5-8H2,(H,27,28)/t11-/m0/s1. The van der Waals surface area contributed by atoms with Gasteiger partial charge in [-0.25, -0.2) is 9.37 Å². The van der Waals surface area contributed by atoms with Crippen molar-refractivity contribution in [2.45, 2.75) is 19.0 Å². The van der Waals surface area contributed by atoms with Crippen molar-refractivity contribution in [2.24, 2.45) is 16.7 Å². The molecule has 1 saturated carbocycles. The summed E-state index contributed by atoms with van der Waals surface area (Å²) >= 11 is 0. The summed E-state index contributed by atoms with van der Waals surface area (Å²) in [6.45, 7) is 0.0328. The molecule has 5 rings (SSSR count). The van der Waals surface area contributed by atoms with Gasteiger partial charge < -0.3 is 19.3 Å². The molecule has 1 aliphatic carbocycles. The minimum Gasteiger partial charge on any atom is -0.481 e. The van der Waals surface area contributed by atoms with Crippen LogP contribution in [0, 0.1) is 22.6 Å². The van der Waals surface area contributed by atoms with E-state index in [1.165, 1.54) is 12.1 Å². The first-order chi connectivity index (χ1) is 14.1. The molecule has 2 aromatic rings. The highest BCUT2D eigenvalue weighted by Crippen LogP contribution is 2.60. The molecule has 0 bridgehead atoms. The third-order valence-corrected chi connectivity index (χ3v) is 6.66. The lowest BCUT2D eigenvalue weighted by atomic mass is 9.71. The molecule has 0 radical (unpaired) electrons. The number of carbonyl (C=O) groups excluding carboxylic acids is 1. The molecule has 1 atom stereocenters. The number of alkyl halides is 3. The number of amides is 1. The molecule has 1 aromatic heterocycles. The quantitative estimate of drug-likeness (QED) is 0.758. The topological polar surface area (TPSA) is 86.9 Å². The van der Waals surface area contributed by atoms with E-state index in [0.29, 0.717) is 11.3 Å². The minimum atomic E-state index is -4.61. The number of aromatic nitrogens is 1. The van der Waals surface area contributed by atoms with Gasteiger partial charge in [0.1, 0.15) is 16.7 Å². The van der Waals surface area contributed by atoms with Crippen molar-refractivity contribution in [1.82, 2.24) is 9.88 Å². The lowest BCUT2D eigenvalue weighted by molar-refractivity contribution is -0.206. The number of carboxylic acid groups (broad SMARTS) is 1. The van der Waals surface area contributed by atoms with Crippen LogP contribution in [0.15, 0.2) is 22.9 Å². The molecule has 11 heteroatoms. The monoisotopic (exact) mass is 427 g/mol. The maximum Gasteiger partial charge on any atom is 0.403 e. The summed E-state index contributed by atoms with van der Waals surface area (Å²) < 4.78 is 59.2. The fraction of sp³-hybridized carbons (Fsp3) is 0.526. The van der Waals surface area contributed by atoms with Crippen LogP contribution in [0.2, 0.25) is 0 Å². The Labute approximate surface area is 167 Å². The second-order valence-corrected chi connectivity index (χ2v) is 8.50. The number of rotatable bonds is 3. The number of hydrogen-bond acceptors (Lipinski definition) is 5. The van der Waals surface area contributed by atoms with Crippen molar-refractivity contribution >= 4 is 28.7 Å². The smallest absolute Gasteiger partial charge is 0.403 e. The average Bonchev–Trinajstić information content (AvgIpc) is 3.16. The van der Waals surface area contributed by atoms with Crippen LogP contribution in [0.3, 0.4) is 0 Å². The number of likely N-dealkylation sites (tertiary alicyclic amines) is 1. The predicted molar refractivity (Wildman–Crippen MR) is 94.0 cm³/mol. The third-order valence-electron chi connectivity index (χ3n) is 6.66. The van der Waals surface area contributed by atoms with E-state index in [4.69, 9.17) is 4.42 Å². The van der Waals surface area contributed by atoms with Crippen molar-refractivity contribution in [2.75, 3.05) is 31.1 Å². The Morgan fingerprint density at radius 3 is 2.50 bits per heavy atom. The van der Waals surface area contributed by atoms with Crippen LogP contribution in [-0.2, 0) is 9.59 Å². The molecule has 1 spiro atoms. The van der Waals surface area contributed by atoms with Crippen molar-refractivity contribution in [3.63, 3.8) is 0 Å². The Morgan fingerprint density at radius 2 is 1.90 bits per heavy atom. The molecular formula is C19H17F4N3O4. The van der Waals surface area contributed by atoms with Crippen molar-refractivity contribution in [3.8, 4) is 0 Å². The van der Waals surface area contributed by atoms with Crippen molar-refractivity contribution in [1.29, 1.82) is 0 Å². The number of fused-ring (bicyclic) bond motifs is 1. The molecule has 1 N–H and O–H groups in total. The molecule has 3 fully saturated rings. The molecule has 0 unspecified atom stereocenters. The van der Waals surface area contributed by atoms with Gasteiger partial charge in [-0.2, -0.15) is 13.2 Å². The molecule has 1 aromatic carbocycles. The number of oxazole rings is 1. The lowest BCUT2D eigenvalue weighted by Gasteiger charge is -2.51. The van der Waals surface area contributed by atoms with E-state index in [1.54, 1.807) is 4.90 Å². The summed E-state index contributed by atoms with van der Waals surface area (Å²) in [5, 5.41) is 9.71. The van der Waals surface area contributed by atoms with Gasteiger partial charge in [0, 0.05) is 43.7 Å². The maximum absolute atomic E-state index is 14.0. The van der Waals surface area contributed by atoms with Gasteiger partial charge in [-0.05, 0) is 12.8 Å². The number of anilines is 1. The first kappa shape index (κ1) is 19.1. The highest BCUT2D eigenvalue weighted by molar-refractivity contribution is 5.89. The van der Waals surface area contributed by atoms with E-state index in [2.05, 4.69) is 4.98 Å². The van der Waals surface area contributed by atoms with Crippen molar-refractivity contribution < 1.29 is 36.7 Å². The summed E-state index contributed by atoms with van der Waals surface area (Å²) in [6, 6.07) is 2.41. The average molecular weight is 427 g/mol. The predicted octanol–water partition coefficient (Wildman–Crippen LogP) is 2.66. The zero-order valence-electron chi connectivity index (χ0n) is 15.6. The van der Waals surface area contributed by atoms with Gasteiger partial charge >= 0.3 is 12.1 Å². The van der Waals surface area contributed by atoms with Crippen LogP contribution in [0.5, 0.6) is 0 Å². The largest absolute Gasteiger partial charge is 0.481 e. The van der Waals surface area contributed by atoms with E-state index < -0.39 is 40.6 Å². The van der Waals surface area contributed by atoms with Crippen LogP contribution in [0.25, 0.3) is 11.1 Å². The Balaban J connectivity index is 1.41. The Morgan fingerprint density at radius 1 is 1.20 bits per heavy atom. The highest BCUT2D eigenvalue weighted by Gasteiger charge is 2.71. The van der Waals surface area contributed by atoms with Gasteiger partial charge in [-0.15, -0.1) is 0 Å². The normalized spacial score (nSPS) is 24.3. The van der Waals surface area contributed by atoms with E-state index in [9.17, 15) is 32.3 Å². The minimum absolute atomic E-state index is 0.0288. The Hall–Kier alpha value is -2.85. The molecule has 1 amide bonds. The summed E-state index contributed by atoms with van der Waals surface area (Å²) in [6.07, 6.45) is -3.93. The molecule has 3 heterocycles. The van der Waals surface area contributed by atoms with Crippen LogP contribution < -0.4 is 4.90 Å². The molecule has 30 heavy (non-hydrogen) atoms. The Bertz CT molecular complexity index is 1060. The van der Waals surface area contributed by atoms with E-state index in [1.807, 2.05) is 0 Å². The van der Waals surface area contributed by atoms with Crippen LogP contribution in [-0.4, -0.2) is 59.2 Å². The molecule has 7 nitrogen and oxygen atoms in total. The lowest BCUT2D eigenvalue weighted by Crippen LogP contribution is -2.65. The van der Waals surface area contributed by atoms with Crippen LogP contribution in [0.4, 0.5) is 23.2 Å². The van der Waals surface area contributed by atoms with Gasteiger partial charge in [0.2, 0.25) is 5.91 Å². The van der Waals surface area contributed by atoms with E-state index in [0.717, 1.165) is 11.3 Å². The number of aliphatic carboxylic acids is 1. The number of halogens is 4. The Kier molecular flexibility index (Phi) is 3.73. The van der Waals surface area contributed by atoms with Gasteiger partial charge in [0.15, 0.2) is 12.0 Å². The highest BCUT2D eigenvalue weighted by atomic mass is 19.4. The zero-order valence-corrected chi connectivity index (χ0v) is 15.6. The number of nitrogens with zero attached hydrogens (tertiary/aromatic N) is 3. The molecule has 160 valence electrons. The van der Waals surface area contributed by atoms with E-state index in [-0.39, 0.29) is 44.5 Å². The zero-order chi connectivity index (χ0) is 21.5. The number of carbonyl (C=O) groups is 2. The SMILES string of the molecule is O=C(O)[C@@H]1CN(c2cc(F)cc3ncoc23)CC12CN(C(=O)C1(C(F)(F)F)CC1)C2. The molecule has 2 saturated heterocycles. The number of hydrogen-bond donors (Lipinski definition) is 1. The number of benzene rings is 1. The second kappa shape index (κ2) is 5.86. The van der Waals surface area contributed by atoms with E-state index >= 15 is 0 Å². The number of carboxylic acids is 1. The first-order valence-corrected chi connectivity index (χ1v) is 9.43. The van der Waals surface area contributed by atoms with Crippen LogP contribution in [0.1, 0.15) is 12.8 Å². The molecule has 3 aliphatic rings. The van der Waals surface area contributed by atoms with Gasteiger partial charge in [-0.1, -0.05) is 0 Å². The molecule has 2 aliphatic heterocycles. The van der Waals surface area contributed by atoms with Crippen LogP contribution >= 0.6 is 0 Å². The van der Waals surface area contributed by atoms with Gasteiger partial charge in [0.05, 0.1) is 11.6 Å². The fourth-order valence-corrected chi connectivity index (χ4v) is 4.87. The molecular weight excluding hydrogens is 410 g/mol. The van der Waals surface area contributed by atoms with Gasteiger partial charge in [-0.3, -0.25) is 9.59 Å². The summed E-state index contributed by atoms with van der Waals surface area (Å²) in [5.74, 6) is -3.56. The summed E-state index contributed by atoms with van der Waals surface area (Å²) in [7, 11) is 0. The first-order valence-electron chi connectivity index (χ1n) is 9.43. The second-order valence-electron chi connectivity index (χ2n) is 8.50. The maximum atomic E-state index is 14.0.